The number of nitrogens with two attached hydrogens (primary N) is 1. The van der Waals surface area contributed by atoms with Crippen molar-refractivity contribution < 1.29 is 29.7 Å². The monoisotopic (exact) mass is 191 g/mol. The Kier molecular flexibility index (Phi) is 8.64. The van der Waals surface area contributed by atoms with Gasteiger partial charge in [-0.1, -0.05) is 0 Å². The number of carbonyl (C=O) groups is 3. The van der Waals surface area contributed by atoms with Gasteiger partial charge in [0.1, 0.15) is 6.61 Å². The zero-order valence-electron chi connectivity index (χ0n) is 6.51. The molecule has 0 heterocycles. The molecule has 0 unspecified atom stereocenters. The number of primary amides is 1. The average Bonchev–Trinajstić information content (AvgIpc) is 2.02. The summed E-state index contributed by atoms with van der Waals surface area (Å²) in [6.45, 7) is -0.556. The van der Waals surface area contributed by atoms with E-state index in [0.29, 0.717) is 12.2 Å². The van der Waals surface area contributed by atoms with Crippen LogP contribution < -0.4 is 5.73 Å². The highest BCUT2D eigenvalue weighted by molar-refractivity contribution is 5.89. The molecule has 0 bridgehead atoms. The predicted octanol–water partition coefficient (Wildman–Crippen LogP) is -1.82. The van der Waals surface area contributed by atoms with Crippen LogP contribution in [0.5, 0.6) is 0 Å². The maximum atomic E-state index is 9.55. The molecule has 5 N–H and O–H groups in total. The van der Waals surface area contributed by atoms with Gasteiger partial charge in [0.25, 0.3) is 0 Å². The molecule has 0 aliphatic heterocycles. The number of carbonyl (C=O) groups excluding carboxylic acids is 1. The Morgan fingerprint density at radius 2 is 1.31 bits per heavy atom. The summed E-state index contributed by atoms with van der Waals surface area (Å²) in [4.78, 5) is 28.4. The lowest BCUT2D eigenvalue weighted by Gasteiger charge is -1.74. The summed E-state index contributed by atoms with van der Waals surface area (Å²) < 4.78 is 0. The van der Waals surface area contributed by atoms with Gasteiger partial charge in [-0.25, -0.2) is 9.59 Å². The normalized spacial score (nSPS) is 8.69. The Morgan fingerprint density at radius 3 is 1.38 bits per heavy atom. The van der Waals surface area contributed by atoms with Gasteiger partial charge in [0.05, 0.1) is 0 Å². The standard InChI is InChI=1S/C4H4O4.C2H5NO2/c5-3(6)1-2-4(7)8;3-2(5)1-4/h1-2H,(H,5,6)(H,7,8);4H,1H2,(H2,3,5)/b2-1+;. The van der Waals surface area contributed by atoms with Crippen molar-refractivity contribution in [1.29, 1.82) is 0 Å². The molecule has 0 aromatic carbocycles. The van der Waals surface area contributed by atoms with Crippen molar-refractivity contribution in [1.82, 2.24) is 0 Å². The molecule has 0 saturated carbocycles. The Bertz CT molecular complexity index is 205. The molecule has 0 rings (SSSR count). The van der Waals surface area contributed by atoms with E-state index < -0.39 is 24.5 Å². The van der Waals surface area contributed by atoms with Crippen molar-refractivity contribution in [2.45, 2.75) is 0 Å². The van der Waals surface area contributed by atoms with E-state index in [9.17, 15) is 14.4 Å². The Balaban J connectivity index is 0. The van der Waals surface area contributed by atoms with Crippen LogP contribution in [0, 0.1) is 0 Å². The summed E-state index contributed by atoms with van der Waals surface area (Å²) in [5, 5.41) is 23.3. The lowest BCUT2D eigenvalue weighted by atomic mass is 10.5. The Hall–Kier alpha value is -1.89. The molecular formula is C6H9NO6. The average molecular weight is 191 g/mol. The van der Waals surface area contributed by atoms with Crippen LogP contribution in [0.15, 0.2) is 12.2 Å². The third-order valence-electron chi connectivity index (χ3n) is 0.524. The molecule has 74 valence electrons. The number of hydrogen-bond acceptors (Lipinski definition) is 4. The number of carboxylic acid groups (broad SMARTS) is 2. The third kappa shape index (κ3) is 25.5. The van der Waals surface area contributed by atoms with E-state index in [2.05, 4.69) is 5.73 Å². The Labute approximate surface area is 73.1 Å². The minimum absolute atomic E-state index is 0.556. The van der Waals surface area contributed by atoms with E-state index in [0.717, 1.165) is 0 Å². The molecular weight excluding hydrogens is 182 g/mol. The van der Waals surface area contributed by atoms with Crippen LogP contribution in [0.2, 0.25) is 0 Å². The fraction of sp³-hybridized carbons (Fsp3) is 0.167. The molecule has 0 fully saturated rings. The fourth-order valence-electron chi connectivity index (χ4n) is 0.143. The van der Waals surface area contributed by atoms with Crippen LogP contribution in [-0.2, 0) is 14.4 Å². The van der Waals surface area contributed by atoms with E-state index in [1.807, 2.05) is 0 Å². The number of aliphatic carboxylic acids is 2. The zero-order valence-corrected chi connectivity index (χ0v) is 6.51. The summed E-state index contributed by atoms with van der Waals surface area (Å²) in [7, 11) is 0. The van der Waals surface area contributed by atoms with Crippen molar-refractivity contribution in [3.8, 4) is 0 Å². The number of hydrogen-bond donors (Lipinski definition) is 4. The van der Waals surface area contributed by atoms with E-state index in [1.54, 1.807) is 0 Å². The molecule has 0 aliphatic carbocycles. The number of amides is 1. The van der Waals surface area contributed by atoms with Crippen molar-refractivity contribution in [2.24, 2.45) is 5.73 Å². The highest BCUT2D eigenvalue weighted by atomic mass is 16.4. The quantitative estimate of drug-likeness (QED) is 0.387. The van der Waals surface area contributed by atoms with Gasteiger partial charge in [0, 0.05) is 12.2 Å². The largest absolute Gasteiger partial charge is 0.478 e. The van der Waals surface area contributed by atoms with Crippen molar-refractivity contribution in [3.05, 3.63) is 12.2 Å². The second-order valence-corrected chi connectivity index (χ2v) is 1.63. The molecule has 0 spiro atoms. The molecule has 7 nitrogen and oxygen atoms in total. The number of rotatable bonds is 3. The van der Waals surface area contributed by atoms with Crippen molar-refractivity contribution >= 4 is 17.8 Å². The molecule has 7 heteroatoms. The molecule has 13 heavy (non-hydrogen) atoms. The highest BCUT2D eigenvalue weighted by Crippen LogP contribution is 1.70. The summed E-state index contributed by atoms with van der Waals surface area (Å²) in [6, 6.07) is 0. The van der Waals surface area contributed by atoms with E-state index in [-0.39, 0.29) is 0 Å². The van der Waals surface area contributed by atoms with Gasteiger partial charge in [-0.05, 0) is 0 Å². The second kappa shape index (κ2) is 8.21. The van der Waals surface area contributed by atoms with Gasteiger partial charge in [-0.15, -0.1) is 0 Å². The lowest BCUT2D eigenvalue weighted by Crippen LogP contribution is -2.14. The first kappa shape index (κ1) is 13.7. The summed E-state index contributed by atoms with van der Waals surface area (Å²) in [6.07, 6.45) is 1.12. The Morgan fingerprint density at radius 1 is 1.08 bits per heavy atom. The SMILES string of the molecule is NC(=O)CO.O=C(O)/C=C/C(=O)O. The molecule has 1 amide bonds. The second-order valence-electron chi connectivity index (χ2n) is 1.63. The first-order chi connectivity index (χ1) is 5.90. The van der Waals surface area contributed by atoms with Gasteiger partial charge in [-0.3, -0.25) is 4.79 Å². The smallest absolute Gasteiger partial charge is 0.328 e. The summed E-state index contributed by atoms with van der Waals surface area (Å²) in [5.41, 5.74) is 4.40. The van der Waals surface area contributed by atoms with Crippen LogP contribution in [0.4, 0.5) is 0 Å². The fourth-order valence-corrected chi connectivity index (χ4v) is 0.143. The first-order valence-corrected chi connectivity index (χ1v) is 2.93. The number of carboxylic acids is 2. The third-order valence-corrected chi connectivity index (χ3v) is 0.524. The van der Waals surface area contributed by atoms with Gasteiger partial charge in [-0.2, -0.15) is 0 Å². The van der Waals surface area contributed by atoms with Crippen LogP contribution in [-0.4, -0.2) is 39.8 Å². The molecule has 0 aromatic heterocycles. The van der Waals surface area contributed by atoms with Crippen molar-refractivity contribution in [3.63, 3.8) is 0 Å². The number of aliphatic hydroxyl groups excluding tert-OH is 1. The molecule has 0 radical (unpaired) electrons. The van der Waals surface area contributed by atoms with Crippen LogP contribution in [0.1, 0.15) is 0 Å². The van der Waals surface area contributed by atoms with Crippen LogP contribution >= 0.6 is 0 Å². The molecule has 0 aromatic rings. The maximum Gasteiger partial charge on any atom is 0.328 e. The lowest BCUT2D eigenvalue weighted by molar-refractivity contribution is -0.134. The van der Waals surface area contributed by atoms with E-state index in [4.69, 9.17) is 15.3 Å². The molecule has 0 aliphatic rings. The van der Waals surface area contributed by atoms with Gasteiger partial charge >= 0.3 is 11.9 Å². The highest BCUT2D eigenvalue weighted by Gasteiger charge is 1.88. The minimum atomic E-state index is -1.26. The van der Waals surface area contributed by atoms with E-state index >= 15 is 0 Å². The van der Waals surface area contributed by atoms with Crippen LogP contribution in [0.3, 0.4) is 0 Å². The predicted molar refractivity (Wildman–Crippen MR) is 40.7 cm³/mol. The zero-order chi connectivity index (χ0) is 10.9. The van der Waals surface area contributed by atoms with Crippen molar-refractivity contribution in [2.75, 3.05) is 6.61 Å². The summed E-state index contributed by atoms with van der Waals surface area (Å²) >= 11 is 0. The molecule has 0 saturated heterocycles. The van der Waals surface area contributed by atoms with Gasteiger partial charge in [0.2, 0.25) is 5.91 Å². The van der Waals surface area contributed by atoms with Crippen LogP contribution in [0.25, 0.3) is 0 Å². The van der Waals surface area contributed by atoms with Gasteiger partial charge in [0.15, 0.2) is 0 Å². The first-order valence-electron chi connectivity index (χ1n) is 2.93. The minimum Gasteiger partial charge on any atom is -0.478 e. The molecule has 0 atom stereocenters. The number of aliphatic hydroxyl groups is 1. The van der Waals surface area contributed by atoms with E-state index in [1.165, 1.54) is 0 Å². The summed E-state index contributed by atoms with van der Waals surface area (Å²) in [5.74, 6) is -3.20. The maximum absolute atomic E-state index is 9.55. The van der Waals surface area contributed by atoms with Gasteiger partial charge < -0.3 is 21.1 Å². The topological polar surface area (TPSA) is 138 Å².